The second kappa shape index (κ2) is 9.67. The number of ketones is 1. The Hall–Kier alpha value is -2.70. The summed E-state index contributed by atoms with van der Waals surface area (Å²) in [7, 11) is 0. The topological polar surface area (TPSA) is 70.1 Å². The fourth-order valence-corrected chi connectivity index (χ4v) is 3.46. The number of hydrogen-bond donors (Lipinski definition) is 1. The summed E-state index contributed by atoms with van der Waals surface area (Å²) in [4.78, 5) is 32.2. The number of Topliss-reactive ketones (excluding diaryl/α,β-unsaturated/α-hetero) is 1. The van der Waals surface area contributed by atoms with Gasteiger partial charge in [0.1, 0.15) is 11.8 Å². The van der Waals surface area contributed by atoms with Crippen molar-refractivity contribution in [2.24, 2.45) is 0 Å². The van der Waals surface area contributed by atoms with Gasteiger partial charge in [0.2, 0.25) is 0 Å². The first kappa shape index (κ1) is 21.0. The van der Waals surface area contributed by atoms with Gasteiger partial charge in [-0.3, -0.25) is 14.5 Å². The molecule has 1 unspecified atom stereocenters. The number of aliphatic carboxylic acids is 1. The van der Waals surface area contributed by atoms with Crippen LogP contribution in [0.25, 0.3) is 0 Å². The van der Waals surface area contributed by atoms with Crippen molar-refractivity contribution in [2.75, 3.05) is 26.2 Å². The van der Waals surface area contributed by atoms with Gasteiger partial charge >= 0.3 is 5.97 Å². The van der Waals surface area contributed by atoms with Crippen molar-refractivity contribution in [2.45, 2.75) is 32.2 Å². The molecule has 3 rings (SSSR count). The van der Waals surface area contributed by atoms with Gasteiger partial charge in [0.05, 0.1) is 0 Å². The molecule has 0 amide bonds. The van der Waals surface area contributed by atoms with Crippen molar-refractivity contribution in [1.29, 1.82) is 0 Å². The van der Waals surface area contributed by atoms with Crippen LogP contribution in [0, 0.1) is 0 Å². The average molecular weight is 396 g/mol. The van der Waals surface area contributed by atoms with Gasteiger partial charge in [0, 0.05) is 38.2 Å². The lowest BCUT2D eigenvalue weighted by Crippen LogP contribution is -2.53. The minimum atomic E-state index is -0.963. The van der Waals surface area contributed by atoms with Crippen molar-refractivity contribution < 1.29 is 19.5 Å². The van der Waals surface area contributed by atoms with Crippen molar-refractivity contribution in [1.82, 2.24) is 9.96 Å². The molecule has 1 heterocycles. The van der Waals surface area contributed by atoms with E-state index in [1.165, 1.54) is 0 Å². The number of carbonyl (C=O) groups excluding carboxylic acids is 1. The first-order valence-corrected chi connectivity index (χ1v) is 10.0. The van der Waals surface area contributed by atoms with Gasteiger partial charge in [0.25, 0.3) is 0 Å². The van der Waals surface area contributed by atoms with Gasteiger partial charge in [-0.25, -0.2) is 0 Å². The summed E-state index contributed by atoms with van der Waals surface area (Å²) in [5.41, 5.74) is 1.72. The Balaban J connectivity index is 1.57. The molecule has 2 aromatic rings. The Labute approximate surface area is 171 Å². The van der Waals surface area contributed by atoms with Crippen LogP contribution in [-0.4, -0.2) is 59.0 Å². The van der Waals surface area contributed by atoms with Crippen LogP contribution in [0.3, 0.4) is 0 Å². The highest BCUT2D eigenvalue weighted by Crippen LogP contribution is 2.18. The Morgan fingerprint density at radius 3 is 2.14 bits per heavy atom. The molecule has 0 bridgehead atoms. The number of carboxylic acid groups (broad SMARTS) is 1. The normalized spacial score (nSPS) is 16.5. The number of carboxylic acids is 1. The van der Waals surface area contributed by atoms with Crippen molar-refractivity contribution in [3.8, 4) is 5.75 Å². The number of rotatable bonds is 8. The second-order valence-corrected chi connectivity index (χ2v) is 7.63. The smallest absolute Gasteiger partial charge is 0.321 e. The highest BCUT2D eigenvalue weighted by atomic mass is 16.7. The molecule has 6 heteroatoms. The first-order chi connectivity index (χ1) is 13.9. The molecule has 0 saturated carbocycles. The van der Waals surface area contributed by atoms with Crippen LogP contribution in [-0.2, 0) is 4.79 Å². The van der Waals surface area contributed by atoms with Gasteiger partial charge in [-0.15, -0.1) is 5.06 Å². The highest BCUT2D eigenvalue weighted by Gasteiger charge is 2.31. The van der Waals surface area contributed by atoms with Crippen molar-refractivity contribution in [3.63, 3.8) is 0 Å². The molecule has 1 aliphatic rings. The maximum absolute atomic E-state index is 12.7. The van der Waals surface area contributed by atoms with Crippen LogP contribution in [0.2, 0.25) is 0 Å². The van der Waals surface area contributed by atoms with E-state index in [-0.39, 0.29) is 12.2 Å². The summed E-state index contributed by atoms with van der Waals surface area (Å²) < 4.78 is 0. The van der Waals surface area contributed by atoms with E-state index in [0.717, 1.165) is 11.3 Å². The van der Waals surface area contributed by atoms with Crippen LogP contribution in [0.15, 0.2) is 54.6 Å². The summed E-state index contributed by atoms with van der Waals surface area (Å²) in [6, 6.07) is 16.1. The van der Waals surface area contributed by atoms with Gasteiger partial charge in [-0.05, 0) is 23.6 Å². The van der Waals surface area contributed by atoms with E-state index in [9.17, 15) is 14.7 Å². The first-order valence-electron chi connectivity index (χ1n) is 10.0. The number of hydrogen-bond acceptors (Lipinski definition) is 5. The molecular weight excluding hydrogens is 368 g/mol. The number of piperazine rings is 1. The molecule has 1 fully saturated rings. The summed E-state index contributed by atoms with van der Waals surface area (Å²) in [5.74, 6) is 0.0429. The Bertz CT molecular complexity index is 813. The molecule has 1 atom stereocenters. The van der Waals surface area contributed by atoms with Crippen LogP contribution in [0.5, 0.6) is 5.75 Å². The van der Waals surface area contributed by atoms with Crippen LogP contribution < -0.4 is 4.84 Å². The molecule has 0 radical (unpaired) electrons. The molecule has 0 aliphatic carbocycles. The fourth-order valence-electron chi connectivity index (χ4n) is 3.46. The fraction of sp³-hybridized carbons (Fsp3) is 0.391. The molecule has 2 aromatic carbocycles. The van der Waals surface area contributed by atoms with Crippen molar-refractivity contribution >= 4 is 11.8 Å². The molecular formula is C23H28N2O4. The van der Waals surface area contributed by atoms with E-state index in [0.29, 0.717) is 37.7 Å². The third-order valence-electron chi connectivity index (χ3n) is 5.25. The van der Waals surface area contributed by atoms with Crippen LogP contribution in [0.1, 0.15) is 42.1 Å². The van der Waals surface area contributed by atoms with E-state index in [4.69, 9.17) is 4.84 Å². The molecule has 0 spiro atoms. The maximum atomic E-state index is 12.7. The summed E-state index contributed by atoms with van der Waals surface area (Å²) in [6.45, 7) is 6.41. The monoisotopic (exact) mass is 396 g/mol. The maximum Gasteiger partial charge on any atom is 0.321 e. The number of para-hydroxylation sites is 1. The number of nitrogens with zero attached hydrogens (tertiary/aromatic N) is 2. The standard InChI is InChI=1S/C23H28N2O4/c1-17(2)18-8-10-19(11-9-18)22(26)16-21(23(27)28)24-12-14-25(15-13-24)29-20-6-4-3-5-7-20/h3-11,17,21H,12-16H2,1-2H3,(H,27,28). The van der Waals surface area contributed by atoms with E-state index in [1.54, 1.807) is 12.1 Å². The summed E-state index contributed by atoms with van der Waals surface area (Å²) in [6.07, 6.45) is -0.0318. The highest BCUT2D eigenvalue weighted by molar-refractivity contribution is 5.98. The predicted molar refractivity (Wildman–Crippen MR) is 111 cm³/mol. The minimum Gasteiger partial charge on any atom is -0.480 e. The molecule has 0 aromatic heterocycles. The summed E-state index contributed by atoms with van der Waals surface area (Å²) >= 11 is 0. The van der Waals surface area contributed by atoms with Crippen LogP contribution in [0.4, 0.5) is 0 Å². The van der Waals surface area contributed by atoms with Gasteiger partial charge < -0.3 is 9.94 Å². The molecule has 6 nitrogen and oxygen atoms in total. The lowest BCUT2D eigenvalue weighted by atomic mass is 9.98. The zero-order chi connectivity index (χ0) is 20.8. The van der Waals surface area contributed by atoms with Gasteiger partial charge in [-0.2, -0.15) is 0 Å². The molecule has 1 saturated heterocycles. The number of carbonyl (C=O) groups is 2. The van der Waals surface area contributed by atoms with E-state index < -0.39 is 12.0 Å². The molecule has 1 N–H and O–H groups in total. The Kier molecular flexibility index (Phi) is 7.01. The third kappa shape index (κ3) is 5.65. The molecule has 1 aliphatic heterocycles. The molecule has 154 valence electrons. The predicted octanol–water partition coefficient (Wildman–Crippen LogP) is 3.45. The van der Waals surface area contributed by atoms with Gasteiger partial charge in [0.15, 0.2) is 5.78 Å². The minimum absolute atomic E-state index is 0.0318. The zero-order valence-electron chi connectivity index (χ0n) is 17.0. The number of hydroxylamine groups is 2. The van der Waals surface area contributed by atoms with Crippen LogP contribution >= 0.6 is 0 Å². The van der Waals surface area contributed by atoms with E-state index in [1.807, 2.05) is 52.4 Å². The van der Waals surface area contributed by atoms with Gasteiger partial charge in [-0.1, -0.05) is 56.3 Å². The zero-order valence-corrected chi connectivity index (χ0v) is 17.0. The van der Waals surface area contributed by atoms with E-state index >= 15 is 0 Å². The van der Waals surface area contributed by atoms with Crippen molar-refractivity contribution in [3.05, 3.63) is 65.7 Å². The third-order valence-corrected chi connectivity index (χ3v) is 5.25. The Morgan fingerprint density at radius 1 is 0.966 bits per heavy atom. The largest absolute Gasteiger partial charge is 0.480 e. The quantitative estimate of drug-likeness (QED) is 0.689. The Morgan fingerprint density at radius 2 is 1.59 bits per heavy atom. The molecule has 29 heavy (non-hydrogen) atoms. The lowest BCUT2D eigenvalue weighted by Gasteiger charge is -2.36. The van der Waals surface area contributed by atoms with E-state index in [2.05, 4.69) is 13.8 Å². The lowest BCUT2D eigenvalue weighted by molar-refractivity contribution is -0.147. The SMILES string of the molecule is CC(C)c1ccc(C(=O)CC(C(=O)O)N2CCN(Oc3ccccc3)CC2)cc1. The number of benzene rings is 2. The summed E-state index contributed by atoms with van der Waals surface area (Å²) in [5, 5.41) is 11.5. The average Bonchev–Trinajstić information content (AvgIpc) is 2.73. The second-order valence-electron chi connectivity index (χ2n) is 7.63.